The summed E-state index contributed by atoms with van der Waals surface area (Å²) in [5, 5.41) is 1.39. The van der Waals surface area contributed by atoms with Gasteiger partial charge in [-0.2, -0.15) is 0 Å². The Hall–Kier alpha value is -0.126. The highest BCUT2D eigenvalue weighted by atomic mass is 28.3. The zero-order chi connectivity index (χ0) is 14.0. The average Bonchev–Trinajstić information content (AvgIpc) is 2.29. The molecule has 0 saturated carbocycles. The lowest BCUT2D eigenvalue weighted by Crippen LogP contribution is -2.55. The summed E-state index contributed by atoms with van der Waals surface area (Å²) >= 11 is 0. The SMILES string of the molecule is C=CC1CC[SiH](OC(C)(C)[Si](C)(C)C(=C)C)CC1. The van der Waals surface area contributed by atoms with Gasteiger partial charge in [0.25, 0.3) is 0 Å². The molecule has 104 valence electrons. The second kappa shape index (κ2) is 5.89. The topological polar surface area (TPSA) is 9.23 Å². The van der Waals surface area contributed by atoms with Gasteiger partial charge in [-0.05, 0) is 51.6 Å². The van der Waals surface area contributed by atoms with Crippen molar-refractivity contribution in [3.63, 3.8) is 0 Å². The lowest BCUT2D eigenvalue weighted by molar-refractivity contribution is 0.179. The van der Waals surface area contributed by atoms with Crippen molar-refractivity contribution in [3.8, 4) is 0 Å². The Morgan fingerprint density at radius 1 is 1.33 bits per heavy atom. The zero-order valence-corrected chi connectivity index (χ0v) is 15.0. The number of allylic oxidation sites excluding steroid dienone is 2. The summed E-state index contributed by atoms with van der Waals surface area (Å²) in [6, 6.07) is 2.64. The summed E-state index contributed by atoms with van der Waals surface area (Å²) < 4.78 is 6.60. The van der Waals surface area contributed by atoms with Crippen LogP contribution in [-0.4, -0.2) is 22.3 Å². The third kappa shape index (κ3) is 3.46. The van der Waals surface area contributed by atoms with E-state index in [0.717, 1.165) is 5.92 Å². The van der Waals surface area contributed by atoms with Crippen molar-refractivity contribution in [1.29, 1.82) is 0 Å². The molecule has 1 rings (SSSR count). The Kier molecular flexibility index (Phi) is 5.21. The molecule has 1 fully saturated rings. The quantitative estimate of drug-likeness (QED) is 0.534. The summed E-state index contributed by atoms with van der Waals surface area (Å²) in [5.74, 6) is 0.742. The Labute approximate surface area is 116 Å². The monoisotopic (exact) mass is 282 g/mol. The van der Waals surface area contributed by atoms with Gasteiger partial charge >= 0.3 is 0 Å². The fraction of sp³-hybridized carbons (Fsp3) is 0.733. The fourth-order valence-corrected chi connectivity index (χ4v) is 8.18. The second-order valence-corrected chi connectivity index (χ2v) is 14.7. The Morgan fingerprint density at radius 2 is 1.83 bits per heavy atom. The Bertz CT molecular complexity index is 312. The molecule has 0 atom stereocenters. The minimum absolute atomic E-state index is 0.0384. The summed E-state index contributed by atoms with van der Waals surface area (Å²) in [6.45, 7) is 19.6. The molecule has 0 amide bonds. The van der Waals surface area contributed by atoms with Crippen molar-refractivity contribution < 1.29 is 4.43 Å². The summed E-state index contributed by atoms with van der Waals surface area (Å²) in [4.78, 5) is 0. The highest BCUT2D eigenvalue weighted by Gasteiger charge is 2.42. The minimum atomic E-state index is -1.52. The Morgan fingerprint density at radius 3 is 2.22 bits per heavy atom. The lowest BCUT2D eigenvalue weighted by atomic mass is 10.0. The number of hydrogen-bond acceptors (Lipinski definition) is 1. The van der Waals surface area contributed by atoms with Gasteiger partial charge in [-0.3, -0.25) is 0 Å². The fourth-order valence-electron chi connectivity index (χ4n) is 2.52. The standard InChI is InChI=1S/C15H30OSi2/c1-8-14-9-11-17(12-10-14)16-15(4,5)18(6,7)13(2)3/h8,14,17H,1-2,9-12H2,3-7H3. The van der Waals surface area contributed by atoms with Crippen LogP contribution in [0.15, 0.2) is 24.4 Å². The largest absolute Gasteiger partial charge is 0.417 e. The van der Waals surface area contributed by atoms with E-state index >= 15 is 0 Å². The van der Waals surface area contributed by atoms with Crippen LogP contribution in [0.2, 0.25) is 25.2 Å². The molecule has 1 nitrogen and oxygen atoms in total. The van der Waals surface area contributed by atoms with Gasteiger partial charge in [0.15, 0.2) is 9.04 Å². The van der Waals surface area contributed by atoms with Crippen LogP contribution in [0.3, 0.4) is 0 Å². The first-order chi connectivity index (χ1) is 8.20. The summed E-state index contributed by atoms with van der Waals surface area (Å²) in [7, 11) is -2.52. The zero-order valence-electron chi connectivity index (χ0n) is 12.9. The van der Waals surface area contributed by atoms with Gasteiger partial charge in [-0.1, -0.05) is 24.4 Å². The first kappa shape index (κ1) is 15.9. The molecule has 0 aromatic heterocycles. The molecule has 3 heteroatoms. The molecule has 1 heterocycles. The maximum atomic E-state index is 6.60. The van der Waals surface area contributed by atoms with Crippen LogP contribution >= 0.6 is 0 Å². The maximum Gasteiger partial charge on any atom is 0.177 e. The van der Waals surface area contributed by atoms with Crippen LogP contribution < -0.4 is 0 Å². The molecular weight excluding hydrogens is 252 g/mol. The summed E-state index contributed by atoms with van der Waals surface area (Å²) in [6.07, 6.45) is 4.72. The van der Waals surface area contributed by atoms with Crippen LogP contribution in [0.4, 0.5) is 0 Å². The van der Waals surface area contributed by atoms with Crippen LogP contribution in [0.1, 0.15) is 33.6 Å². The Balaban J connectivity index is 2.62. The first-order valence-corrected chi connectivity index (χ1v) is 12.3. The minimum Gasteiger partial charge on any atom is -0.417 e. The van der Waals surface area contributed by atoms with Crippen molar-refractivity contribution in [2.24, 2.45) is 5.92 Å². The van der Waals surface area contributed by atoms with Gasteiger partial charge in [0.2, 0.25) is 0 Å². The third-order valence-electron chi connectivity index (χ3n) is 5.09. The lowest BCUT2D eigenvalue weighted by Gasteiger charge is -2.44. The van der Waals surface area contributed by atoms with E-state index in [1.165, 1.54) is 30.1 Å². The van der Waals surface area contributed by atoms with Crippen molar-refractivity contribution in [1.82, 2.24) is 0 Å². The van der Waals surface area contributed by atoms with E-state index in [9.17, 15) is 0 Å². The summed E-state index contributed by atoms with van der Waals surface area (Å²) in [5.41, 5.74) is 0. The highest BCUT2D eigenvalue weighted by molar-refractivity contribution is 6.86. The molecular formula is C15H30OSi2. The molecule has 18 heavy (non-hydrogen) atoms. The average molecular weight is 283 g/mol. The van der Waals surface area contributed by atoms with Gasteiger partial charge in [-0.25, -0.2) is 0 Å². The van der Waals surface area contributed by atoms with Crippen LogP contribution in [-0.2, 0) is 4.43 Å². The number of hydrogen-bond donors (Lipinski definition) is 0. The second-order valence-electron chi connectivity index (χ2n) is 6.81. The van der Waals surface area contributed by atoms with Crippen LogP contribution in [0, 0.1) is 5.92 Å². The number of rotatable bonds is 5. The van der Waals surface area contributed by atoms with Crippen LogP contribution in [0.5, 0.6) is 0 Å². The molecule has 1 aliphatic heterocycles. The van der Waals surface area contributed by atoms with E-state index < -0.39 is 17.1 Å². The molecule has 0 aromatic rings. The maximum absolute atomic E-state index is 6.60. The predicted molar refractivity (Wildman–Crippen MR) is 87.1 cm³/mol. The van der Waals surface area contributed by atoms with Gasteiger partial charge in [0.1, 0.15) is 8.07 Å². The molecule has 0 radical (unpaired) electrons. The highest BCUT2D eigenvalue weighted by Crippen LogP contribution is 2.34. The van der Waals surface area contributed by atoms with E-state index in [1.54, 1.807) is 0 Å². The molecule has 1 aliphatic rings. The molecule has 0 unspecified atom stereocenters. The van der Waals surface area contributed by atoms with Gasteiger partial charge in [0.05, 0.1) is 0 Å². The van der Waals surface area contributed by atoms with Crippen molar-refractivity contribution in [2.75, 3.05) is 0 Å². The van der Waals surface area contributed by atoms with E-state index in [4.69, 9.17) is 4.43 Å². The van der Waals surface area contributed by atoms with E-state index in [-0.39, 0.29) is 5.22 Å². The van der Waals surface area contributed by atoms with Gasteiger partial charge in [-0.15, -0.1) is 13.2 Å². The van der Waals surface area contributed by atoms with Gasteiger partial charge < -0.3 is 4.43 Å². The first-order valence-electron chi connectivity index (χ1n) is 7.17. The smallest absolute Gasteiger partial charge is 0.177 e. The van der Waals surface area contributed by atoms with Crippen LogP contribution in [0.25, 0.3) is 0 Å². The molecule has 0 spiro atoms. The van der Waals surface area contributed by atoms with E-state index in [1.807, 2.05) is 0 Å². The normalized spacial score (nSPS) is 25.8. The molecule has 0 aliphatic carbocycles. The molecule has 0 N–H and O–H groups in total. The molecule has 1 saturated heterocycles. The van der Waals surface area contributed by atoms with Gasteiger partial charge in [0, 0.05) is 5.22 Å². The van der Waals surface area contributed by atoms with E-state index in [0.29, 0.717) is 0 Å². The molecule has 0 bridgehead atoms. The predicted octanol–water partition coefficient (Wildman–Crippen LogP) is 4.46. The van der Waals surface area contributed by atoms with E-state index in [2.05, 4.69) is 53.1 Å². The van der Waals surface area contributed by atoms with Crippen molar-refractivity contribution >= 4 is 17.1 Å². The molecule has 0 aromatic carbocycles. The van der Waals surface area contributed by atoms with Crippen molar-refractivity contribution in [2.45, 2.75) is 64.0 Å². The third-order valence-corrected chi connectivity index (χ3v) is 13.5. The van der Waals surface area contributed by atoms with Crippen molar-refractivity contribution in [3.05, 3.63) is 24.4 Å².